The van der Waals surface area contributed by atoms with Crippen molar-refractivity contribution >= 4 is 33.4 Å². The summed E-state index contributed by atoms with van der Waals surface area (Å²) in [7, 11) is 1.63. The zero-order valence-electron chi connectivity index (χ0n) is 14.4. The van der Waals surface area contributed by atoms with E-state index in [0.717, 1.165) is 15.2 Å². The van der Waals surface area contributed by atoms with Crippen LogP contribution in [0.4, 0.5) is 0 Å². The first kappa shape index (κ1) is 17.9. The Hall–Kier alpha value is -2.93. The van der Waals surface area contributed by atoms with Crippen LogP contribution in [-0.4, -0.2) is 40.5 Å². The Labute approximate surface area is 154 Å². The van der Waals surface area contributed by atoms with E-state index in [1.54, 1.807) is 26.1 Å². The number of thiazole rings is 1. The Kier molecular flexibility index (Phi) is 5.18. The predicted octanol–water partition coefficient (Wildman–Crippen LogP) is 3.13. The Bertz CT molecular complexity index is 934. The fourth-order valence-electron chi connectivity index (χ4n) is 2.42. The third kappa shape index (κ3) is 3.83. The second kappa shape index (κ2) is 7.53. The number of amides is 1. The highest BCUT2D eigenvalue weighted by Gasteiger charge is 2.18. The van der Waals surface area contributed by atoms with Gasteiger partial charge in [-0.25, -0.2) is 9.78 Å². The van der Waals surface area contributed by atoms with Gasteiger partial charge in [-0.3, -0.25) is 4.79 Å². The van der Waals surface area contributed by atoms with Crippen LogP contribution in [0.3, 0.4) is 0 Å². The molecule has 2 aromatic carbocycles. The molecule has 0 atom stereocenters. The van der Waals surface area contributed by atoms with Crippen molar-refractivity contribution in [2.75, 3.05) is 13.7 Å². The maximum atomic E-state index is 12.2. The van der Waals surface area contributed by atoms with Crippen molar-refractivity contribution in [1.82, 2.24) is 9.88 Å². The summed E-state index contributed by atoms with van der Waals surface area (Å²) in [4.78, 5) is 30.2. The third-order valence-electron chi connectivity index (χ3n) is 3.92. The number of benzene rings is 2. The lowest BCUT2D eigenvalue weighted by Gasteiger charge is -2.15. The average Bonchev–Trinajstić information content (AvgIpc) is 3.03. The molecular formula is C19H18N2O4S. The summed E-state index contributed by atoms with van der Waals surface area (Å²) < 4.78 is 6.10. The highest BCUT2D eigenvalue weighted by Crippen LogP contribution is 2.23. The zero-order chi connectivity index (χ0) is 18.7. The lowest BCUT2D eigenvalue weighted by molar-refractivity contribution is -0.133. The number of esters is 1. The summed E-state index contributed by atoms with van der Waals surface area (Å²) in [6, 6.07) is 12.6. The topological polar surface area (TPSA) is 79.7 Å². The van der Waals surface area contributed by atoms with E-state index in [4.69, 9.17) is 4.74 Å². The lowest BCUT2D eigenvalue weighted by atomic mass is 10.1. The highest BCUT2D eigenvalue weighted by molar-refractivity contribution is 7.18. The molecule has 134 valence electrons. The van der Waals surface area contributed by atoms with Gasteiger partial charge in [0, 0.05) is 7.05 Å². The first-order valence-corrected chi connectivity index (χ1v) is 8.81. The molecule has 0 saturated carbocycles. The molecule has 0 aliphatic heterocycles. The molecule has 0 radical (unpaired) electrons. The minimum atomic E-state index is -0.729. The van der Waals surface area contributed by atoms with E-state index in [1.807, 2.05) is 24.3 Å². The number of nitrogens with zero attached hydrogens (tertiary/aromatic N) is 2. The van der Waals surface area contributed by atoms with Crippen LogP contribution >= 0.6 is 11.3 Å². The van der Waals surface area contributed by atoms with Crippen LogP contribution in [0.15, 0.2) is 42.5 Å². The van der Waals surface area contributed by atoms with Gasteiger partial charge < -0.3 is 14.7 Å². The molecule has 1 N–H and O–H groups in total. The number of aryl methyl sites for hydroxylation is 1. The minimum absolute atomic E-state index is 0.0478. The summed E-state index contributed by atoms with van der Waals surface area (Å²) in [5.74, 6) is -1.20. The van der Waals surface area contributed by atoms with E-state index >= 15 is 0 Å². The van der Waals surface area contributed by atoms with Crippen molar-refractivity contribution in [2.45, 2.75) is 13.5 Å². The molecule has 0 aliphatic rings. The first-order valence-electron chi connectivity index (χ1n) is 8.00. The van der Waals surface area contributed by atoms with Crippen molar-refractivity contribution in [2.24, 2.45) is 0 Å². The van der Waals surface area contributed by atoms with Crippen LogP contribution in [0.2, 0.25) is 0 Å². The van der Waals surface area contributed by atoms with Gasteiger partial charge >= 0.3 is 5.97 Å². The smallest absolute Gasteiger partial charge is 0.342 e. The zero-order valence-corrected chi connectivity index (χ0v) is 15.2. The SMILES string of the molecule is Cc1cccc(C(=O)OCC(=O)N(C)Cc2nc3ccccc3s2)c1O. The second-order valence-electron chi connectivity index (χ2n) is 5.87. The summed E-state index contributed by atoms with van der Waals surface area (Å²) >= 11 is 1.52. The van der Waals surface area contributed by atoms with Crippen molar-refractivity contribution < 1.29 is 19.4 Å². The number of para-hydroxylation sites is 2. The number of fused-ring (bicyclic) bond motifs is 1. The molecule has 7 heteroatoms. The number of carbonyl (C=O) groups excluding carboxylic acids is 2. The van der Waals surface area contributed by atoms with Gasteiger partial charge in [-0.05, 0) is 30.7 Å². The summed E-state index contributed by atoms with van der Waals surface area (Å²) in [5, 5.41) is 10.7. The molecule has 0 unspecified atom stereocenters. The van der Waals surface area contributed by atoms with Crippen molar-refractivity contribution in [3.8, 4) is 5.75 Å². The molecule has 0 fully saturated rings. The van der Waals surface area contributed by atoms with Gasteiger partial charge in [-0.2, -0.15) is 0 Å². The Morgan fingerprint density at radius 2 is 1.96 bits per heavy atom. The molecular weight excluding hydrogens is 352 g/mol. The van der Waals surface area contributed by atoms with Crippen molar-refractivity contribution in [3.05, 3.63) is 58.6 Å². The molecule has 0 spiro atoms. The van der Waals surface area contributed by atoms with Crippen LogP contribution in [0.1, 0.15) is 20.9 Å². The molecule has 3 aromatic rings. The Balaban J connectivity index is 1.58. The van der Waals surface area contributed by atoms with Gasteiger partial charge in [0.25, 0.3) is 5.91 Å². The van der Waals surface area contributed by atoms with Crippen molar-refractivity contribution in [1.29, 1.82) is 0 Å². The summed E-state index contributed by atoms with van der Waals surface area (Å²) in [5.41, 5.74) is 1.51. The van der Waals surface area contributed by atoms with E-state index in [1.165, 1.54) is 22.3 Å². The number of hydrogen-bond donors (Lipinski definition) is 1. The van der Waals surface area contributed by atoms with Gasteiger partial charge in [0.15, 0.2) is 6.61 Å². The van der Waals surface area contributed by atoms with Crippen LogP contribution in [0.5, 0.6) is 5.75 Å². The number of hydrogen-bond acceptors (Lipinski definition) is 6. The number of likely N-dealkylation sites (N-methyl/N-ethyl adjacent to an activating group) is 1. The first-order chi connectivity index (χ1) is 12.5. The molecule has 0 saturated heterocycles. The predicted molar refractivity (Wildman–Crippen MR) is 99.2 cm³/mol. The van der Waals surface area contributed by atoms with Gasteiger partial charge in [-0.1, -0.05) is 24.3 Å². The summed E-state index contributed by atoms with van der Waals surface area (Å²) in [6.45, 7) is 1.63. The van der Waals surface area contributed by atoms with Crippen molar-refractivity contribution in [3.63, 3.8) is 0 Å². The molecule has 26 heavy (non-hydrogen) atoms. The fourth-order valence-corrected chi connectivity index (χ4v) is 3.44. The lowest BCUT2D eigenvalue weighted by Crippen LogP contribution is -2.30. The molecule has 3 rings (SSSR count). The normalized spacial score (nSPS) is 10.7. The van der Waals surface area contributed by atoms with Gasteiger partial charge in [0.2, 0.25) is 0 Å². The second-order valence-corrected chi connectivity index (χ2v) is 6.99. The fraction of sp³-hybridized carbons (Fsp3) is 0.211. The Morgan fingerprint density at radius 3 is 2.73 bits per heavy atom. The number of rotatable bonds is 5. The maximum Gasteiger partial charge on any atom is 0.342 e. The molecule has 0 bridgehead atoms. The quantitative estimate of drug-likeness (QED) is 0.698. The molecule has 1 aromatic heterocycles. The number of carbonyl (C=O) groups is 2. The number of ether oxygens (including phenoxy) is 1. The minimum Gasteiger partial charge on any atom is -0.507 e. The van der Waals surface area contributed by atoms with Crippen LogP contribution in [-0.2, 0) is 16.1 Å². The number of aromatic hydroxyl groups is 1. The van der Waals surface area contributed by atoms with E-state index in [2.05, 4.69) is 4.98 Å². The van der Waals surface area contributed by atoms with Crippen LogP contribution < -0.4 is 0 Å². The van der Waals surface area contributed by atoms with Gasteiger partial charge in [0.1, 0.15) is 16.3 Å². The highest BCUT2D eigenvalue weighted by atomic mass is 32.1. The summed E-state index contributed by atoms with van der Waals surface area (Å²) in [6.07, 6.45) is 0. The Morgan fingerprint density at radius 1 is 1.19 bits per heavy atom. The third-order valence-corrected chi connectivity index (χ3v) is 4.94. The maximum absolute atomic E-state index is 12.2. The molecule has 6 nitrogen and oxygen atoms in total. The van der Waals surface area contributed by atoms with E-state index in [0.29, 0.717) is 12.1 Å². The van der Waals surface area contributed by atoms with Crippen LogP contribution in [0, 0.1) is 6.92 Å². The van der Waals surface area contributed by atoms with Crippen LogP contribution in [0.25, 0.3) is 10.2 Å². The number of aromatic nitrogens is 1. The van der Waals surface area contributed by atoms with Gasteiger partial charge in [-0.15, -0.1) is 11.3 Å². The number of phenolic OH excluding ortho intramolecular Hbond substituents is 1. The monoisotopic (exact) mass is 370 g/mol. The van der Waals surface area contributed by atoms with E-state index in [-0.39, 0.29) is 17.2 Å². The van der Waals surface area contributed by atoms with E-state index in [9.17, 15) is 14.7 Å². The number of phenols is 1. The average molecular weight is 370 g/mol. The molecule has 1 amide bonds. The standard InChI is InChI=1S/C19H18N2O4S/c1-12-6-5-7-13(18(12)23)19(24)25-11-17(22)21(2)10-16-20-14-8-3-4-9-15(14)26-16/h3-9,23H,10-11H2,1-2H3. The largest absolute Gasteiger partial charge is 0.507 e. The van der Waals surface area contributed by atoms with E-state index < -0.39 is 12.6 Å². The molecule has 1 heterocycles. The molecule has 0 aliphatic carbocycles. The van der Waals surface area contributed by atoms with Gasteiger partial charge in [0.05, 0.1) is 16.8 Å².